The lowest BCUT2D eigenvalue weighted by Crippen LogP contribution is -2.51. The zero-order valence-corrected chi connectivity index (χ0v) is 49.7. The number of unbranched alkanes of at least 4 members (excludes halogenated alkanes) is 15. The van der Waals surface area contributed by atoms with Gasteiger partial charge in [0.05, 0.1) is 59.5 Å². The first kappa shape index (κ1) is 72.5. The Morgan fingerprint density at radius 2 is 0.725 bits per heavy atom. The molecule has 0 saturated carbocycles. The maximum Gasteiger partial charge on any atom is 0.680 e. The van der Waals surface area contributed by atoms with Gasteiger partial charge in [0.15, 0.2) is 0 Å². The molecule has 0 saturated heterocycles. The third-order valence-corrected chi connectivity index (χ3v) is 18.8. The van der Waals surface area contributed by atoms with Gasteiger partial charge in [-0.1, -0.05) is 138 Å². The van der Waals surface area contributed by atoms with Crippen LogP contribution in [0, 0.1) is 5.92 Å². The molecule has 0 aromatic rings. The Morgan fingerprint density at radius 1 is 0.406 bits per heavy atom. The van der Waals surface area contributed by atoms with Crippen molar-refractivity contribution in [3.63, 3.8) is 0 Å². The molecule has 0 aromatic carbocycles. The first-order valence-electron chi connectivity index (χ1n) is 26.3. The fraction of sp³-hybridized carbons (Fsp3) is 0.940. The van der Waals surface area contributed by atoms with Crippen LogP contribution in [0.25, 0.3) is 0 Å². The summed E-state index contributed by atoms with van der Waals surface area (Å²) in [7, 11) is 2.66. The van der Waals surface area contributed by atoms with E-state index in [4.69, 9.17) is 67.9 Å². The van der Waals surface area contributed by atoms with Crippen LogP contribution < -0.4 is 0 Å². The van der Waals surface area contributed by atoms with Crippen LogP contribution in [0.4, 0.5) is 0 Å². The van der Waals surface area contributed by atoms with Crippen LogP contribution >= 0.6 is 0 Å². The molecule has 0 aromatic heterocycles. The molecule has 16 nitrogen and oxygen atoms in total. The molecular weight excluding hydrogens is 941 g/mol. The molecule has 69 heavy (non-hydrogen) atoms. The van der Waals surface area contributed by atoms with E-state index >= 15 is 0 Å². The second-order valence-electron chi connectivity index (χ2n) is 17.3. The van der Waals surface area contributed by atoms with E-state index in [1.165, 1.54) is 96.3 Å². The molecule has 0 rings (SSSR count). The van der Waals surface area contributed by atoms with Gasteiger partial charge in [0.25, 0.3) is 0 Å². The zero-order valence-electron chi connectivity index (χ0n) is 46.7. The lowest BCUT2D eigenvalue weighted by atomic mass is 10.1. The van der Waals surface area contributed by atoms with Crippen molar-refractivity contribution in [1.29, 1.82) is 0 Å². The van der Waals surface area contributed by atoms with Crippen LogP contribution in [0.15, 0.2) is 12.2 Å². The van der Waals surface area contributed by atoms with Gasteiger partial charge in [-0.25, -0.2) is 4.79 Å². The fourth-order valence-electron chi connectivity index (χ4n) is 6.51. The van der Waals surface area contributed by atoms with Crippen molar-refractivity contribution in [2.24, 2.45) is 5.92 Å². The Labute approximate surface area is 426 Å². The fourth-order valence-corrected chi connectivity index (χ4v) is 13.0. The highest BCUT2D eigenvalue weighted by Gasteiger charge is 2.46. The molecule has 19 heteroatoms. The smallest absolute Gasteiger partial charge is 0.462 e. The third-order valence-electron chi connectivity index (χ3n) is 10.5. The molecule has 0 heterocycles. The number of carbonyl (C=O) groups excluding carboxylic acids is 1. The summed E-state index contributed by atoms with van der Waals surface area (Å²) in [6.07, 6.45) is 23.9. The zero-order chi connectivity index (χ0) is 52.2. The lowest BCUT2D eigenvalue weighted by molar-refractivity contribution is -0.139. The van der Waals surface area contributed by atoms with Crippen molar-refractivity contribution in [2.45, 2.75) is 176 Å². The van der Waals surface area contributed by atoms with Gasteiger partial charge in [-0.05, 0) is 38.5 Å². The number of rotatable bonds is 50. The average Bonchev–Trinajstić information content (AvgIpc) is 3.34. The molecular formula is C50H108O16Si3. The van der Waals surface area contributed by atoms with Gasteiger partial charge in [-0.2, -0.15) is 0 Å². The second kappa shape index (κ2) is 53.6. The van der Waals surface area contributed by atoms with Crippen molar-refractivity contribution in [3.05, 3.63) is 12.2 Å². The van der Waals surface area contributed by atoms with Crippen molar-refractivity contribution in [3.8, 4) is 0 Å². The minimum atomic E-state index is -3.26. The molecule has 0 radical (unpaired) electrons. The molecule has 0 aliphatic carbocycles. The highest BCUT2D eigenvalue weighted by Crippen LogP contribution is 2.24. The highest BCUT2D eigenvalue weighted by molar-refractivity contribution is 6.61. The standard InChI is InChI=1S/C28H60O3Si.C12H28O8Si.C10H20O5Si/c1-6-9-12-15-18-21-24-29-32(27-28(4)5,30-25-22-19-16-13-10-7-2)31-26-23-20-17-14-11-8-3;1-13-5-9-17-21(18-10-6-14-2,19-11-7-15-3)20-12-8-16-4;1-9(2)10(11)15-7-6-8-16(12-3,13-4)14-5/h28H,6-27H2,1-5H3;5-12H2,1-4H3;1,6-8H2,2-5H3. The van der Waals surface area contributed by atoms with Crippen LogP contribution in [0.2, 0.25) is 12.1 Å². The van der Waals surface area contributed by atoms with Gasteiger partial charge < -0.3 is 67.9 Å². The monoisotopic (exact) mass is 1050 g/mol. The van der Waals surface area contributed by atoms with E-state index in [1.807, 2.05) is 0 Å². The van der Waals surface area contributed by atoms with Crippen LogP contribution in [-0.2, 0) is 72.7 Å². The first-order chi connectivity index (χ1) is 33.4. The van der Waals surface area contributed by atoms with Crippen LogP contribution in [0.3, 0.4) is 0 Å². The van der Waals surface area contributed by atoms with Crippen LogP contribution in [0.1, 0.15) is 164 Å². The van der Waals surface area contributed by atoms with Gasteiger partial charge in [-0.3, -0.25) is 0 Å². The van der Waals surface area contributed by atoms with E-state index in [2.05, 4.69) is 41.2 Å². The lowest BCUT2D eigenvalue weighted by Gasteiger charge is -2.31. The summed E-state index contributed by atoms with van der Waals surface area (Å²) < 4.78 is 82.9. The summed E-state index contributed by atoms with van der Waals surface area (Å²) in [6, 6.07) is 1.56. The molecule has 0 aliphatic heterocycles. The first-order valence-corrected chi connectivity index (χ1v) is 31.8. The van der Waals surface area contributed by atoms with Gasteiger partial charge in [0, 0.05) is 87.3 Å². The van der Waals surface area contributed by atoms with E-state index in [0.717, 1.165) is 45.1 Å². The number of hydrogen-bond donors (Lipinski definition) is 0. The summed E-state index contributed by atoms with van der Waals surface area (Å²) in [5, 5.41) is 0. The molecule has 0 bridgehead atoms. The molecule has 0 N–H and O–H groups in total. The quantitative estimate of drug-likeness (QED) is 0.0245. The Kier molecular flexibility index (Phi) is 56.3. The predicted molar refractivity (Wildman–Crippen MR) is 282 cm³/mol. The normalized spacial score (nSPS) is 11.9. The Hall–Kier alpha value is -0.699. The van der Waals surface area contributed by atoms with Crippen LogP contribution in [-0.4, -0.2) is 162 Å². The maximum absolute atomic E-state index is 11.1. The van der Waals surface area contributed by atoms with Crippen molar-refractivity contribution in [1.82, 2.24) is 0 Å². The van der Waals surface area contributed by atoms with Crippen molar-refractivity contribution in [2.75, 3.05) is 129 Å². The largest absolute Gasteiger partial charge is 0.680 e. The SMILES string of the molecule is C=C(C)C(=O)OCCC[Si](OC)(OC)OC.CCCCCCCCO[Si](CC(C)C)(OCCCCCCCC)OCCCCCCCC.COCCO[Si](OCCOC)(OCCOC)OCCOC. The second-order valence-corrected chi connectivity index (χ2v) is 25.2. The van der Waals surface area contributed by atoms with E-state index in [1.54, 1.807) is 56.7 Å². The summed E-state index contributed by atoms with van der Waals surface area (Å²) >= 11 is 0. The topological polar surface area (TPSA) is 156 Å². The summed E-state index contributed by atoms with van der Waals surface area (Å²) in [4.78, 5) is 11.1. The third kappa shape index (κ3) is 45.6. The maximum atomic E-state index is 11.1. The summed E-state index contributed by atoms with van der Waals surface area (Å²) in [5.74, 6) is 0.167. The van der Waals surface area contributed by atoms with Crippen molar-refractivity contribution < 1.29 is 72.7 Å². The number of carbonyl (C=O) groups is 1. The molecule has 416 valence electrons. The predicted octanol–water partition coefficient (Wildman–Crippen LogP) is 11.2. The Bertz CT molecular complexity index is 978. The Morgan fingerprint density at radius 3 is 1.00 bits per heavy atom. The molecule has 0 fully saturated rings. The van der Waals surface area contributed by atoms with E-state index < -0.39 is 26.7 Å². The van der Waals surface area contributed by atoms with Gasteiger partial charge in [0.2, 0.25) is 0 Å². The van der Waals surface area contributed by atoms with Crippen LogP contribution in [0.5, 0.6) is 0 Å². The number of ether oxygens (including phenoxy) is 5. The number of esters is 1. The van der Waals surface area contributed by atoms with Gasteiger partial charge >= 0.3 is 32.6 Å². The average molecular weight is 1050 g/mol. The number of hydrogen-bond acceptors (Lipinski definition) is 16. The van der Waals surface area contributed by atoms with Gasteiger partial charge in [0.1, 0.15) is 0 Å². The molecule has 0 spiro atoms. The number of methoxy groups -OCH3 is 4. The minimum Gasteiger partial charge on any atom is -0.462 e. The van der Waals surface area contributed by atoms with E-state index in [9.17, 15) is 4.79 Å². The molecule has 0 amide bonds. The van der Waals surface area contributed by atoms with Crippen molar-refractivity contribution >= 4 is 32.6 Å². The molecule has 0 aliphatic rings. The highest BCUT2D eigenvalue weighted by atomic mass is 28.4. The minimum absolute atomic E-state index is 0.315. The van der Waals surface area contributed by atoms with E-state index in [0.29, 0.717) is 83.4 Å². The Balaban J connectivity index is -0.00000101. The molecule has 0 unspecified atom stereocenters. The summed E-state index contributed by atoms with van der Waals surface area (Å²) in [5.41, 5.74) is 0.397. The van der Waals surface area contributed by atoms with Gasteiger partial charge in [-0.15, -0.1) is 0 Å². The molecule has 0 atom stereocenters. The summed E-state index contributed by atoms with van der Waals surface area (Å²) in [6.45, 7) is 22.1. The van der Waals surface area contributed by atoms with E-state index in [-0.39, 0.29) is 5.97 Å².